The van der Waals surface area contributed by atoms with Crippen LogP contribution in [0.25, 0.3) is 0 Å². The van der Waals surface area contributed by atoms with Crippen LogP contribution in [0.5, 0.6) is 0 Å². The Morgan fingerprint density at radius 2 is 0.955 bits per heavy atom. The van der Waals surface area contributed by atoms with Crippen LogP contribution in [0.2, 0.25) is 0 Å². The Morgan fingerprint density at radius 3 is 1.09 bits per heavy atom. The first-order valence-electron chi connectivity index (χ1n) is 7.03. The number of hydrogen-bond donors (Lipinski definition) is 4. The van der Waals surface area contributed by atoms with Crippen molar-refractivity contribution >= 4 is 11.9 Å². The lowest BCUT2D eigenvalue weighted by Gasteiger charge is -2.25. The predicted octanol–water partition coefficient (Wildman–Crippen LogP) is -0.944. The number of aliphatic hydroxyl groups excluding tert-OH is 2. The Labute approximate surface area is 132 Å². The van der Waals surface area contributed by atoms with E-state index in [4.69, 9.17) is 20.4 Å². The van der Waals surface area contributed by atoms with E-state index in [1.54, 1.807) is 0 Å². The zero-order valence-corrected chi connectivity index (χ0v) is 14.5. The summed E-state index contributed by atoms with van der Waals surface area (Å²) in [6, 6.07) is 0. The summed E-state index contributed by atoms with van der Waals surface area (Å²) in [5, 5.41) is 34.9. The van der Waals surface area contributed by atoms with Crippen LogP contribution in [-0.4, -0.2) is 109 Å². The number of rotatable bonds is 8. The van der Waals surface area contributed by atoms with E-state index in [1.165, 1.54) is 0 Å². The molecule has 0 bridgehead atoms. The second-order valence-electron chi connectivity index (χ2n) is 7.45. The van der Waals surface area contributed by atoms with Crippen LogP contribution in [0.1, 0.15) is 12.8 Å². The summed E-state index contributed by atoms with van der Waals surface area (Å²) in [6.07, 6.45) is -1.83. The fraction of sp³-hybridized carbons (Fsp3) is 0.857. The average molecular weight is 324 g/mol. The van der Waals surface area contributed by atoms with Crippen molar-refractivity contribution in [2.45, 2.75) is 25.0 Å². The lowest BCUT2D eigenvalue weighted by molar-refractivity contribution is -0.873. The summed E-state index contributed by atoms with van der Waals surface area (Å²) in [5.74, 6) is -1.91. The third kappa shape index (κ3) is 21.1. The second-order valence-corrected chi connectivity index (χ2v) is 7.45. The minimum atomic E-state index is -0.953. The van der Waals surface area contributed by atoms with Gasteiger partial charge in [0, 0.05) is 0 Å². The first kappa shape index (κ1) is 23.1. The van der Waals surface area contributed by atoms with Gasteiger partial charge in [-0.05, 0) is 0 Å². The number of carboxylic acids is 2. The number of aliphatic carboxylic acids is 2. The van der Waals surface area contributed by atoms with Gasteiger partial charge in [0.2, 0.25) is 0 Å². The SMILES string of the molecule is C[N+](C)(C)C[C@H](O)CC(=O)O.C[N+](C)(C)C[C@H](O)CC(=O)O. The zero-order valence-electron chi connectivity index (χ0n) is 14.5. The summed E-state index contributed by atoms with van der Waals surface area (Å²) >= 11 is 0. The third-order valence-corrected chi connectivity index (χ3v) is 2.34. The molecule has 0 unspecified atom stereocenters. The van der Waals surface area contributed by atoms with Crippen LogP contribution in [0.3, 0.4) is 0 Å². The third-order valence-electron chi connectivity index (χ3n) is 2.34. The molecule has 0 amide bonds. The minimum Gasteiger partial charge on any atom is -0.481 e. The summed E-state index contributed by atoms with van der Waals surface area (Å²) in [4.78, 5) is 20.3. The molecule has 4 N–H and O–H groups in total. The van der Waals surface area contributed by atoms with E-state index < -0.39 is 24.1 Å². The average Bonchev–Trinajstić information content (AvgIpc) is 2.07. The first-order valence-corrected chi connectivity index (χ1v) is 7.03. The highest BCUT2D eigenvalue weighted by Gasteiger charge is 2.18. The van der Waals surface area contributed by atoms with Gasteiger partial charge in [-0.2, -0.15) is 0 Å². The maximum Gasteiger partial charge on any atom is 0.306 e. The highest BCUT2D eigenvalue weighted by atomic mass is 16.4. The van der Waals surface area contributed by atoms with Gasteiger partial charge >= 0.3 is 11.9 Å². The summed E-state index contributed by atoms with van der Waals surface area (Å²) in [7, 11) is 11.4. The molecule has 0 heterocycles. The van der Waals surface area contributed by atoms with Gasteiger partial charge in [0.15, 0.2) is 0 Å². The van der Waals surface area contributed by atoms with Gasteiger partial charge < -0.3 is 29.4 Å². The molecule has 0 radical (unpaired) electrons. The Hall–Kier alpha value is -1.22. The van der Waals surface area contributed by atoms with Crippen molar-refractivity contribution in [3.05, 3.63) is 0 Å². The fourth-order valence-corrected chi connectivity index (χ4v) is 1.80. The van der Waals surface area contributed by atoms with Crippen molar-refractivity contribution in [3.63, 3.8) is 0 Å². The molecule has 0 rings (SSSR count). The van der Waals surface area contributed by atoms with Crippen LogP contribution in [0, 0.1) is 0 Å². The molecule has 0 saturated heterocycles. The van der Waals surface area contributed by atoms with E-state index in [-0.39, 0.29) is 12.8 Å². The van der Waals surface area contributed by atoms with E-state index in [0.29, 0.717) is 22.1 Å². The summed E-state index contributed by atoms with van der Waals surface area (Å²) in [5.41, 5.74) is 0. The van der Waals surface area contributed by atoms with Gasteiger partial charge in [0.05, 0.1) is 55.1 Å². The molecule has 0 aromatic heterocycles. The molecule has 22 heavy (non-hydrogen) atoms. The standard InChI is InChI=1S/2C7H15NO3/c2*1-8(2,3)5-6(9)4-7(10)11/h2*6,9H,4-5H2,1-3H3/p+2/t2*6-/m11/s1. The molecule has 0 aromatic rings. The molecule has 132 valence electrons. The number of carboxylic acid groups (broad SMARTS) is 2. The fourth-order valence-electron chi connectivity index (χ4n) is 1.80. The topological polar surface area (TPSA) is 115 Å². The van der Waals surface area contributed by atoms with Crippen molar-refractivity contribution in [2.75, 3.05) is 55.4 Å². The molecule has 0 aliphatic carbocycles. The Bertz CT molecular complexity index is 312. The number of aliphatic hydroxyl groups is 2. The van der Waals surface area contributed by atoms with Crippen molar-refractivity contribution in [3.8, 4) is 0 Å². The molecular formula is C14H32N2O6+2. The van der Waals surface area contributed by atoms with Crippen molar-refractivity contribution in [2.24, 2.45) is 0 Å². The first-order chi connectivity index (χ1) is 9.62. The lowest BCUT2D eigenvalue weighted by atomic mass is 10.2. The van der Waals surface area contributed by atoms with Gasteiger partial charge in [0.25, 0.3) is 0 Å². The normalized spacial score (nSPS) is 14.5. The molecule has 8 heteroatoms. The van der Waals surface area contributed by atoms with E-state index in [9.17, 15) is 9.59 Å². The van der Waals surface area contributed by atoms with E-state index >= 15 is 0 Å². The zero-order chi connectivity index (χ0) is 18.1. The Kier molecular flexibility index (Phi) is 10.2. The Balaban J connectivity index is 0. The molecule has 0 aliphatic heterocycles. The smallest absolute Gasteiger partial charge is 0.306 e. The number of likely N-dealkylation sites (N-methyl/N-ethyl adjacent to an activating group) is 2. The van der Waals surface area contributed by atoms with Crippen LogP contribution in [0.4, 0.5) is 0 Å². The summed E-state index contributed by atoms with van der Waals surface area (Å²) in [6.45, 7) is 0.929. The van der Waals surface area contributed by atoms with E-state index in [2.05, 4.69) is 0 Å². The maximum absolute atomic E-state index is 10.1. The monoisotopic (exact) mass is 324 g/mol. The number of hydrogen-bond acceptors (Lipinski definition) is 4. The molecular weight excluding hydrogens is 292 g/mol. The number of nitrogens with zero attached hydrogens (tertiary/aromatic N) is 2. The molecule has 0 aromatic carbocycles. The lowest BCUT2D eigenvalue weighted by Crippen LogP contribution is -2.42. The predicted molar refractivity (Wildman–Crippen MR) is 82.3 cm³/mol. The van der Waals surface area contributed by atoms with Crippen LogP contribution in [0.15, 0.2) is 0 Å². The highest BCUT2D eigenvalue weighted by Crippen LogP contribution is 1.99. The van der Waals surface area contributed by atoms with Crippen molar-refractivity contribution < 1.29 is 39.0 Å². The van der Waals surface area contributed by atoms with Gasteiger partial charge in [-0.1, -0.05) is 0 Å². The van der Waals surface area contributed by atoms with Gasteiger partial charge in [-0.3, -0.25) is 9.59 Å². The van der Waals surface area contributed by atoms with Crippen LogP contribution < -0.4 is 0 Å². The minimum absolute atomic E-state index is 0.171. The maximum atomic E-state index is 10.1. The number of carbonyl (C=O) groups is 2. The molecule has 0 fully saturated rings. The molecule has 0 spiro atoms. The molecule has 0 aliphatic rings. The largest absolute Gasteiger partial charge is 0.481 e. The highest BCUT2D eigenvalue weighted by molar-refractivity contribution is 5.67. The van der Waals surface area contributed by atoms with E-state index in [0.717, 1.165) is 0 Å². The van der Waals surface area contributed by atoms with E-state index in [1.807, 2.05) is 42.3 Å². The van der Waals surface area contributed by atoms with Crippen LogP contribution in [-0.2, 0) is 9.59 Å². The van der Waals surface area contributed by atoms with Gasteiger partial charge in [0.1, 0.15) is 25.3 Å². The van der Waals surface area contributed by atoms with Crippen molar-refractivity contribution in [1.29, 1.82) is 0 Å². The number of quaternary nitrogens is 2. The molecule has 0 saturated carbocycles. The second kappa shape index (κ2) is 9.73. The van der Waals surface area contributed by atoms with Gasteiger partial charge in [-0.15, -0.1) is 0 Å². The van der Waals surface area contributed by atoms with Gasteiger partial charge in [-0.25, -0.2) is 0 Å². The molecule has 2 atom stereocenters. The van der Waals surface area contributed by atoms with Crippen molar-refractivity contribution in [1.82, 2.24) is 0 Å². The quantitative estimate of drug-likeness (QED) is 0.428. The van der Waals surface area contributed by atoms with Crippen LogP contribution >= 0.6 is 0 Å². The Morgan fingerprint density at radius 1 is 0.727 bits per heavy atom. The molecule has 8 nitrogen and oxygen atoms in total. The summed E-state index contributed by atoms with van der Waals surface area (Å²) < 4.78 is 1.16.